The van der Waals surface area contributed by atoms with Crippen LogP contribution in [0.1, 0.15) is 10.4 Å². The van der Waals surface area contributed by atoms with Gasteiger partial charge in [0.05, 0.1) is 0 Å². The predicted octanol–water partition coefficient (Wildman–Crippen LogP) is 4.21. The van der Waals surface area contributed by atoms with Crippen molar-refractivity contribution in [3.63, 3.8) is 0 Å². The molecule has 0 aliphatic rings. The van der Waals surface area contributed by atoms with Crippen LogP contribution in [0.5, 0.6) is 0 Å². The molecule has 86 valence electrons. The average Bonchev–Trinajstić information content (AvgIpc) is 2.31. The summed E-state index contributed by atoms with van der Waals surface area (Å²) in [7, 11) is 0. The van der Waals surface area contributed by atoms with Gasteiger partial charge in [-0.05, 0) is 30.3 Å². The minimum absolute atomic E-state index is 0.0691. The Morgan fingerprint density at radius 1 is 1.06 bits per heavy atom. The summed E-state index contributed by atoms with van der Waals surface area (Å²) in [5.41, 5.74) is 0.491. The van der Waals surface area contributed by atoms with E-state index in [-0.39, 0.29) is 11.1 Å². The molecule has 2 aromatic carbocycles. The standard InChI is InChI=1S/C13H7BrF2O/c14-10-2-1-3-12(16)13(10)9-6-8(7-17)4-5-11(9)15/h1-7H. The van der Waals surface area contributed by atoms with Crippen molar-refractivity contribution in [2.24, 2.45) is 0 Å². The van der Waals surface area contributed by atoms with Gasteiger partial charge in [0.1, 0.15) is 17.9 Å². The van der Waals surface area contributed by atoms with Gasteiger partial charge in [-0.2, -0.15) is 0 Å². The van der Waals surface area contributed by atoms with Crippen molar-refractivity contribution in [2.45, 2.75) is 0 Å². The topological polar surface area (TPSA) is 17.1 Å². The second kappa shape index (κ2) is 4.75. The lowest BCUT2D eigenvalue weighted by Gasteiger charge is -2.08. The summed E-state index contributed by atoms with van der Waals surface area (Å²) >= 11 is 3.17. The van der Waals surface area contributed by atoms with Gasteiger partial charge in [0.25, 0.3) is 0 Å². The monoisotopic (exact) mass is 296 g/mol. The van der Waals surface area contributed by atoms with Gasteiger partial charge in [-0.1, -0.05) is 22.0 Å². The van der Waals surface area contributed by atoms with Crippen LogP contribution in [0.25, 0.3) is 11.1 Å². The molecule has 0 saturated carbocycles. The maximum absolute atomic E-state index is 13.7. The molecular formula is C13H7BrF2O. The molecule has 0 aliphatic heterocycles. The fourth-order valence-corrected chi connectivity index (χ4v) is 2.12. The van der Waals surface area contributed by atoms with Crippen molar-refractivity contribution >= 4 is 22.2 Å². The third kappa shape index (κ3) is 2.26. The van der Waals surface area contributed by atoms with Crippen LogP contribution in [0, 0.1) is 11.6 Å². The molecule has 0 radical (unpaired) electrons. The van der Waals surface area contributed by atoms with Gasteiger partial charge in [-0.15, -0.1) is 0 Å². The minimum atomic E-state index is -0.568. The quantitative estimate of drug-likeness (QED) is 0.759. The first kappa shape index (κ1) is 11.9. The normalized spacial score (nSPS) is 10.3. The lowest BCUT2D eigenvalue weighted by atomic mass is 10.0. The summed E-state index contributed by atoms with van der Waals surface area (Å²) < 4.78 is 27.8. The molecule has 1 nitrogen and oxygen atoms in total. The lowest BCUT2D eigenvalue weighted by Crippen LogP contribution is -1.92. The molecule has 0 N–H and O–H groups in total. The summed E-state index contributed by atoms with van der Waals surface area (Å²) in [4.78, 5) is 10.6. The number of halogens is 3. The minimum Gasteiger partial charge on any atom is -0.298 e. The SMILES string of the molecule is O=Cc1ccc(F)c(-c2c(F)cccc2Br)c1. The molecule has 2 aromatic rings. The number of rotatable bonds is 2. The van der Waals surface area contributed by atoms with Crippen molar-refractivity contribution in [3.05, 3.63) is 58.1 Å². The zero-order chi connectivity index (χ0) is 12.4. The van der Waals surface area contributed by atoms with Gasteiger partial charge < -0.3 is 0 Å². The van der Waals surface area contributed by atoms with E-state index in [0.717, 1.165) is 6.07 Å². The Hall–Kier alpha value is -1.55. The molecule has 0 atom stereocenters. The van der Waals surface area contributed by atoms with Crippen LogP contribution in [0.3, 0.4) is 0 Å². The van der Waals surface area contributed by atoms with Crippen molar-refractivity contribution in [2.75, 3.05) is 0 Å². The van der Waals surface area contributed by atoms with Crippen molar-refractivity contribution in [1.29, 1.82) is 0 Å². The fraction of sp³-hybridized carbons (Fsp3) is 0. The van der Waals surface area contributed by atoms with Gasteiger partial charge in [-0.25, -0.2) is 8.78 Å². The van der Waals surface area contributed by atoms with Crippen LogP contribution in [0.4, 0.5) is 8.78 Å². The van der Waals surface area contributed by atoms with Gasteiger partial charge >= 0.3 is 0 Å². The van der Waals surface area contributed by atoms with Gasteiger partial charge in [-0.3, -0.25) is 4.79 Å². The van der Waals surface area contributed by atoms with E-state index < -0.39 is 11.6 Å². The number of hydrogen-bond acceptors (Lipinski definition) is 1. The number of benzene rings is 2. The van der Waals surface area contributed by atoms with Crippen molar-refractivity contribution in [3.8, 4) is 11.1 Å². The van der Waals surface area contributed by atoms with Crippen LogP contribution < -0.4 is 0 Å². The van der Waals surface area contributed by atoms with E-state index in [1.54, 1.807) is 6.07 Å². The highest BCUT2D eigenvalue weighted by Crippen LogP contribution is 2.32. The molecular weight excluding hydrogens is 290 g/mol. The van der Waals surface area contributed by atoms with Crippen LogP contribution in [-0.2, 0) is 0 Å². The van der Waals surface area contributed by atoms with Crippen molar-refractivity contribution < 1.29 is 13.6 Å². The van der Waals surface area contributed by atoms with Gasteiger partial charge in [0, 0.05) is 21.2 Å². The first-order valence-corrected chi connectivity index (χ1v) is 5.62. The molecule has 0 fully saturated rings. The highest BCUT2D eigenvalue weighted by atomic mass is 79.9. The summed E-state index contributed by atoms with van der Waals surface area (Å²) in [6, 6.07) is 8.20. The molecule has 4 heteroatoms. The smallest absolute Gasteiger partial charge is 0.150 e. The Morgan fingerprint density at radius 3 is 2.47 bits per heavy atom. The third-order valence-electron chi connectivity index (χ3n) is 2.36. The first-order chi connectivity index (χ1) is 8.13. The molecule has 0 aliphatic carbocycles. The Morgan fingerprint density at radius 2 is 1.82 bits per heavy atom. The fourth-order valence-electron chi connectivity index (χ4n) is 1.56. The van der Waals surface area contributed by atoms with Gasteiger partial charge in [0.2, 0.25) is 0 Å². The van der Waals surface area contributed by atoms with Crippen LogP contribution >= 0.6 is 15.9 Å². The highest BCUT2D eigenvalue weighted by molar-refractivity contribution is 9.10. The lowest BCUT2D eigenvalue weighted by molar-refractivity contribution is 0.112. The number of carbonyl (C=O) groups excluding carboxylic acids is 1. The first-order valence-electron chi connectivity index (χ1n) is 4.82. The molecule has 0 heterocycles. The van der Waals surface area contributed by atoms with Gasteiger partial charge in [0.15, 0.2) is 0 Å². The Bertz CT molecular complexity index is 561. The largest absolute Gasteiger partial charge is 0.298 e. The van der Waals surface area contributed by atoms with E-state index in [1.807, 2.05) is 0 Å². The average molecular weight is 297 g/mol. The molecule has 0 spiro atoms. The Balaban J connectivity index is 2.71. The third-order valence-corrected chi connectivity index (χ3v) is 3.02. The van der Waals surface area contributed by atoms with E-state index in [1.165, 1.54) is 24.3 Å². The summed E-state index contributed by atoms with van der Waals surface area (Å²) in [6.07, 6.45) is 0.595. The second-order valence-electron chi connectivity index (χ2n) is 3.45. The molecule has 0 amide bonds. The molecule has 17 heavy (non-hydrogen) atoms. The van der Waals surface area contributed by atoms with E-state index >= 15 is 0 Å². The van der Waals surface area contributed by atoms with E-state index in [0.29, 0.717) is 16.3 Å². The number of aldehydes is 1. The number of hydrogen-bond donors (Lipinski definition) is 0. The Labute approximate surface area is 105 Å². The highest BCUT2D eigenvalue weighted by Gasteiger charge is 2.13. The van der Waals surface area contributed by atoms with Crippen LogP contribution in [-0.4, -0.2) is 6.29 Å². The van der Waals surface area contributed by atoms with Crippen LogP contribution in [0.2, 0.25) is 0 Å². The van der Waals surface area contributed by atoms with E-state index in [9.17, 15) is 13.6 Å². The summed E-state index contributed by atoms with van der Waals surface area (Å²) in [5, 5.41) is 0. The Kier molecular flexibility index (Phi) is 3.33. The van der Waals surface area contributed by atoms with E-state index in [2.05, 4.69) is 15.9 Å². The maximum atomic E-state index is 13.7. The zero-order valence-electron chi connectivity index (χ0n) is 8.58. The zero-order valence-corrected chi connectivity index (χ0v) is 10.2. The van der Waals surface area contributed by atoms with Crippen molar-refractivity contribution in [1.82, 2.24) is 0 Å². The molecule has 2 rings (SSSR count). The number of carbonyl (C=O) groups is 1. The van der Waals surface area contributed by atoms with Crippen LogP contribution in [0.15, 0.2) is 40.9 Å². The second-order valence-corrected chi connectivity index (χ2v) is 4.31. The summed E-state index contributed by atoms with van der Waals surface area (Å²) in [5.74, 6) is -1.11. The van der Waals surface area contributed by atoms with E-state index in [4.69, 9.17) is 0 Å². The molecule has 0 unspecified atom stereocenters. The molecule has 0 aromatic heterocycles. The molecule has 0 bridgehead atoms. The summed E-state index contributed by atoms with van der Waals surface area (Å²) in [6.45, 7) is 0. The maximum Gasteiger partial charge on any atom is 0.150 e. The predicted molar refractivity (Wildman–Crippen MR) is 64.9 cm³/mol. The molecule has 0 saturated heterocycles.